The van der Waals surface area contributed by atoms with Gasteiger partial charge in [-0.15, -0.1) is 0 Å². The van der Waals surface area contributed by atoms with Gasteiger partial charge in [-0.05, 0) is 117 Å². The molecule has 0 radical (unpaired) electrons. The van der Waals surface area contributed by atoms with Crippen molar-refractivity contribution in [2.75, 3.05) is 57.3 Å². The van der Waals surface area contributed by atoms with Crippen molar-refractivity contribution in [2.24, 2.45) is 5.41 Å². The Balaban J connectivity index is 0.677. The molecule has 4 fully saturated rings. The van der Waals surface area contributed by atoms with E-state index in [0.717, 1.165) is 81.6 Å². The molecule has 4 amide bonds. The number of phenolic OH excluding ortho intramolecular Hbond substituents is 1. The van der Waals surface area contributed by atoms with E-state index in [0.29, 0.717) is 61.9 Å². The summed E-state index contributed by atoms with van der Waals surface area (Å²) in [6.45, 7) is 6.62. The van der Waals surface area contributed by atoms with Crippen LogP contribution in [-0.4, -0.2) is 102 Å². The average Bonchev–Trinajstić information content (AvgIpc) is 3.80. The van der Waals surface area contributed by atoms with E-state index in [4.69, 9.17) is 4.74 Å². The molecule has 11 heteroatoms. The number of amides is 4. The molecule has 2 spiro atoms. The van der Waals surface area contributed by atoms with Crippen molar-refractivity contribution in [3.63, 3.8) is 0 Å². The third-order valence-electron chi connectivity index (χ3n) is 15.6. The van der Waals surface area contributed by atoms with Crippen molar-refractivity contribution < 1.29 is 29.0 Å². The second-order valence-corrected chi connectivity index (χ2v) is 19.0. The molecule has 0 bridgehead atoms. The SMILES string of the molecule is O=C1CCC(N2Cc3c(ccc4c3OCC43CCN(C(=O)CN4CCC5(CC4)CN(c4ccc([C@@H]6c7ccc(O)cc7CC[C@@H]6c6ccccc6)cc4)C5)CC3)C2=O)C(=O)N1. The summed E-state index contributed by atoms with van der Waals surface area (Å²) in [5, 5.41) is 12.6. The standard InChI is InChI=1S/C50H53N5O6/c56-36-11-13-38-34(26-36)8-12-37(32-4-2-1-3-5-32)45(38)33-6-9-35(10-7-33)54-29-49(30-54)18-22-52(23-19-49)28-44(58)53-24-20-50(21-25-53)31-61-46-40-27-55(42-16-17-43(57)51-47(42)59)48(60)39(40)14-15-41(46)50/h1-7,9-11,13-15,26,37,42,45,56H,8,12,16-25,27-31H2,(H,51,57,59)/t37-,42?,45+/m1/s1. The number of aromatic hydroxyl groups is 1. The lowest BCUT2D eigenvalue weighted by Crippen LogP contribution is -2.61. The molecule has 2 N–H and O–H groups in total. The molecule has 7 aliphatic rings. The van der Waals surface area contributed by atoms with E-state index in [9.17, 15) is 24.3 Å². The van der Waals surface area contributed by atoms with Crippen molar-refractivity contribution in [3.05, 3.63) is 124 Å². The summed E-state index contributed by atoms with van der Waals surface area (Å²) in [5.41, 5.74) is 9.16. The van der Waals surface area contributed by atoms with Crippen LogP contribution in [0.2, 0.25) is 0 Å². The number of benzene rings is 4. The lowest BCUT2D eigenvalue weighted by molar-refractivity contribution is -0.137. The number of ether oxygens (including phenoxy) is 1. The van der Waals surface area contributed by atoms with Gasteiger partial charge in [0, 0.05) is 71.7 Å². The van der Waals surface area contributed by atoms with E-state index in [1.165, 1.54) is 27.9 Å². The molecule has 6 heterocycles. The number of carbonyl (C=O) groups excluding carboxylic acids is 4. The normalized spacial score (nSPS) is 25.1. The summed E-state index contributed by atoms with van der Waals surface area (Å²) in [6, 6.07) is 29.3. The number of likely N-dealkylation sites (tertiary alicyclic amines) is 2. The van der Waals surface area contributed by atoms with Crippen LogP contribution in [0.4, 0.5) is 5.69 Å². The number of fused-ring (bicyclic) bond motifs is 5. The van der Waals surface area contributed by atoms with Crippen molar-refractivity contribution in [2.45, 2.75) is 81.2 Å². The lowest BCUT2D eigenvalue weighted by Gasteiger charge is -2.55. The molecule has 11 nitrogen and oxygen atoms in total. The fourth-order valence-electron chi connectivity index (χ4n) is 12.0. The number of carbonyl (C=O) groups is 4. The summed E-state index contributed by atoms with van der Waals surface area (Å²) < 4.78 is 6.36. The number of nitrogens with one attached hydrogen (secondary N) is 1. The first kappa shape index (κ1) is 38.3. The molecule has 4 saturated heterocycles. The highest BCUT2D eigenvalue weighted by atomic mass is 16.5. The molecule has 314 valence electrons. The summed E-state index contributed by atoms with van der Waals surface area (Å²) >= 11 is 0. The van der Waals surface area contributed by atoms with Gasteiger partial charge in [-0.25, -0.2) is 0 Å². The highest BCUT2D eigenvalue weighted by Crippen LogP contribution is 2.51. The maximum Gasteiger partial charge on any atom is 0.255 e. The highest BCUT2D eigenvalue weighted by molar-refractivity contribution is 6.05. The number of rotatable bonds is 6. The molecule has 0 aromatic heterocycles. The fraction of sp³-hybridized carbons (Fsp3) is 0.440. The molecule has 4 aromatic carbocycles. The van der Waals surface area contributed by atoms with Crippen LogP contribution >= 0.6 is 0 Å². The van der Waals surface area contributed by atoms with Gasteiger partial charge in [0.05, 0.1) is 19.7 Å². The van der Waals surface area contributed by atoms with Crippen LogP contribution < -0.4 is 15.0 Å². The van der Waals surface area contributed by atoms with Gasteiger partial charge in [0.1, 0.15) is 17.5 Å². The van der Waals surface area contributed by atoms with Crippen molar-refractivity contribution in [1.82, 2.24) is 20.0 Å². The number of phenols is 1. The largest absolute Gasteiger partial charge is 0.508 e. The van der Waals surface area contributed by atoms with Gasteiger partial charge in [0.15, 0.2) is 0 Å². The first-order valence-corrected chi connectivity index (χ1v) is 22.3. The maximum absolute atomic E-state index is 13.7. The molecular formula is C50H53N5O6. The molecule has 0 saturated carbocycles. The van der Waals surface area contributed by atoms with Crippen molar-refractivity contribution >= 4 is 29.3 Å². The van der Waals surface area contributed by atoms with Gasteiger partial charge in [-0.3, -0.25) is 29.4 Å². The minimum absolute atomic E-state index is 0.191. The molecule has 61 heavy (non-hydrogen) atoms. The van der Waals surface area contributed by atoms with Crippen LogP contribution in [0.5, 0.6) is 11.5 Å². The van der Waals surface area contributed by atoms with Gasteiger partial charge in [-0.2, -0.15) is 0 Å². The van der Waals surface area contributed by atoms with Crippen LogP contribution in [0, 0.1) is 5.41 Å². The van der Waals surface area contributed by atoms with E-state index in [2.05, 4.69) is 75.8 Å². The number of aryl methyl sites for hydroxylation is 1. The summed E-state index contributed by atoms with van der Waals surface area (Å²) in [5.74, 6) is 1.03. The Hall–Kier alpha value is -5.68. The zero-order valence-corrected chi connectivity index (χ0v) is 34.6. The monoisotopic (exact) mass is 819 g/mol. The van der Waals surface area contributed by atoms with Gasteiger partial charge < -0.3 is 24.5 Å². The van der Waals surface area contributed by atoms with Gasteiger partial charge in [0.25, 0.3) is 5.91 Å². The number of anilines is 1. The quantitative estimate of drug-likeness (QED) is 0.232. The van der Waals surface area contributed by atoms with E-state index in [1.807, 2.05) is 29.2 Å². The number of imide groups is 1. The third-order valence-corrected chi connectivity index (χ3v) is 15.6. The average molecular weight is 820 g/mol. The summed E-state index contributed by atoms with van der Waals surface area (Å²) in [4.78, 5) is 59.9. The Labute approximate surface area is 356 Å². The Morgan fingerprint density at radius 2 is 1.59 bits per heavy atom. The van der Waals surface area contributed by atoms with Gasteiger partial charge in [-0.1, -0.05) is 54.6 Å². The first-order valence-electron chi connectivity index (χ1n) is 22.3. The molecular weight excluding hydrogens is 767 g/mol. The molecule has 1 aliphatic carbocycles. The Bertz CT molecular complexity index is 2410. The minimum Gasteiger partial charge on any atom is -0.508 e. The van der Waals surface area contributed by atoms with E-state index in [-0.39, 0.29) is 35.5 Å². The van der Waals surface area contributed by atoms with E-state index >= 15 is 0 Å². The predicted octanol–water partition coefficient (Wildman–Crippen LogP) is 5.87. The fourth-order valence-corrected chi connectivity index (χ4v) is 12.0. The highest BCUT2D eigenvalue weighted by Gasteiger charge is 2.49. The van der Waals surface area contributed by atoms with Crippen LogP contribution in [0.25, 0.3) is 0 Å². The molecule has 3 atom stereocenters. The first-order chi connectivity index (χ1) is 29.7. The third kappa shape index (κ3) is 6.58. The van der Waals surface area contributed by atoms with Gasteiger partial charge >= 0.3 is 0 Å². The number of nitrogens with zero attached hydrogens (tertiary/aromatic N) is 4. The van der Waals surface area contributed by atoms with Crippen LogP contribution in [0.15, 0.2) is 84.9 Å². The van der Waals surface area contributed by atoms with Crippen LogP contribution in [0.1, 0.15) is 101 Å². The van der Waals surface area contributed by atoms with Crippen LogP contribution in [-0.2, 0) is 32.8 Å². The molecule has 4 aromatic rings. The zero-order valence-electron chi connectivity index (χ0n) is 34.6. The predicted molar refractivity (Wildman–Crippen MR) is 230 cm³/mol. The van der Waals surface area contributed by atoms with Crippen LogP contribution in [0.3, 0.4) is 0 Å². The van der Waals surface area contributed by atoms with E-state index < -0.39 is 11.9 Å². The number of hydrogen-bond donors (Lipinski definition) is 2. The second-order valence-electron chi connectivity index (χ2n) is 19.0. The molecule has 1 unspecified atom stereocenters. The maximum atomic E-state index is 13.7. The Morgan fingerprint density at radius 1 is 0.820 bits per heavy atom. The summed E-state index contributed by atoms with van der Waals surface area (Å²) in [6.07, 6.45) is 6.39. The number of piperidine rings is 3. The van der Waals surface area contributed by atoms with E-state index in [1.54, 1.807) is 4.90 Å². The molecule has 11 rings (SSSR count). The smallest absolute Gasteiger partial charge is 0.255 e. The van der Waals surface area contributed by atoms with Crippen molar-refractivity contribution in [3.8, 4) is 11.5 Å². The topological polar surface area (TPSA) is 123 Å². The second kappa shape index (κ2) is 14.8. The zero-order chi connectivity index (χ0) is 41.5. The summed E-state index contributed by atoms with van der Waals surface area (Å²) in [7, 11) is 0. The minimum atomic E-state index is -0.658. The molecule has 6 aliphatic heterocycles. The number of hydrogen-bond acceptors (Lipinski definition) is 8. The Kier molecular flexibility index (Phi) is 9.25. The lowest BCUT2D eigenvalue weighted by atomic mass is 9.69. The van der Waals surface area contributed by atoms with Gasteiger partial charge in [0.2, 0.25) is 17.7 Å². The van der Waals surface area contributed by atoms with Crippen molar-refractivity contribution in [1.29, 1.82) is 0 Å². The Morgan fingerprint density at radius 3 is 2.34 bits per heavy atom.